The highest BCUT2D eigenvalue weighted by Crippen LogP contribution is 2.29. The molecular formula is C18H17N5OS. The summed E-state index contributed by atoms with van der Waals surface area (Å²) in [4.78, 5) is 16.6. The Labute approximate surface area is 150 Å². The maximum absolute atomic E-state index is 12.5. The summed E-state index contributed by atoms with van der Waals surface area (Å²) in [5.41, 5.74) is 8.82. The van der Waals surface area contributed by atoms with Crippen molar-refractivity contribution in [1.82, 2.24) is 4.98 Å². The van der Waals surface area contributed by atoms with E-state index in [1.807, 2.05) is 44.2 Å². The van der Waals surface area contributed by atoms with E-state index in [0.29, 0.717) is 5.03 Å². The lowest BCUT2D eigenvalue weighted by atomic mass is 10.1. The number of anilines is 2. The summed E-state index contributed by atoms with van der Waals surface area (Å²) in [7, 11) is 0. The molecule has 0 aliphatic heterocycles. The summed E-state index contributed by atoms with van der Waals surface area (Å²) >= 11 is 1.13. The van der Waals surface area contributed by atoms with Crippen molar-refractivity contribution >= 4 is 29.2 Å². The maximum atomic E-state index is 12.5. The molecule has 0 radical (unpaired) electrons. The molecule has 3 N–H and O–H groups in total. The normalized spacial score (nSPS) is 11.2. The number of carbonyl (C=O) groups excluding carboxylic acids is 1. The van der Waals surface area contributed by atoms with Gasteiger partial charge in [0.05, 0.1) is 16.4 Å². The molecular weight excluding hydrogens is 334 g/mol. The van der Waals surface area contributed by atoms with E-state index in [-0.39, 0.29) is 22.9 Å². The predicted octanol–water partition coefficient (Wildman–Crippen LogP) is 3.14. The summed E-state index contributed by atoms with van der Waals surface area (Å²) in [6.07, 6.45) is 0. The van der Waals surface area contributed by atoms with Crippen molar-refractivity contribution in [3.8, 4) is 12.1 Å². The molecule has 0 saturated heterocycles. The van der Waals surface area contributed by atoms with Crippen molar-refractivity contribution in [3.63, 3.8) is 0 Å². The number of hydrogen-bond acceptors (Lipinski definition) is 6. The van der Waals surface area contributed by atoms with Gasteiger partial charge < -0.3 is 11.1 Å². The molecule has 1 aromatic heterocycles. The smallest absolute Gasteiger partial charge is 0.237 e. The van der Waals surface area contributed by atoms with Crippen LogP contribution in [0.1, 0.15) is 29.2 Å². The van der Waals surface area contributed by atoms with E-state index in [9.17, 15) is 10.1 Å². The Morgan fingerprint density at radius 2 is 1.84 bits per heavy atom. The number of nitrogens with zero attached hydrogens (tertiary/aromatic N) is 3. The Balaban J connectivity index is 2.21. The standard InChI is InChI=1S/C18H17N5OS/c1-10-5-4-6-11(2)15(10)22-17(24)12(3)25-18-14(9-20)7-13(8-19)16(21)23-18/h4-7,12H,1-3H3,(H2,21,23)(H,22,24)/t12-/m0/s1. The second-order valence-electron chi connectivity index (χ2n) is 5.51. The molecule has 25 heavy (non-hydrogen) atoms. The van der Waals surface area contributed by atoms with Crippen molar-refractivity contribution in [2.24, 2.45) is 0 Å². The van der Waals surface area contributed by atoms with Crippen LogP contribution in [0.3, 0.4) is 0 Å². The molecule has 2 rings (SSSR count). The van der Waals surface area contributed by atoms with Crippen LogP contribution in [0.5, 0.6) is 0 Å². The summed E-state index contributed by atoms with van der Waals surface area (Å²) in [5.74, 6) is -0.151. The van der Waals surface area contributed by atoms with Gasteiger partial charge in [0, 0.05) is 5.69 Å². The first-order valence-corrected chi connectivity index (χ1v) is 8.39. The molecule has 7 heteroatoms. The second-order valence-corrected chi connectivity index (χ2v) is 6.84. The number of thioether (sulfide) groups is 1. The molecule has 126 valence electrons. The number of benzene rings is 1. The summed E-state index contributed by atoms with van der Waals surface area (Å²) in [5, 5.41) is 21.0. The van der Waals surface area contributed by atoms with Gasteiger partial charge in [-0.05, 0) is 38.0 Å². The van der Waals surface area contributed by atoms with E-state index in [4.69, 9.17) is 11.0 Å². The topological polar surface area (TPSA) is 116 Å². The third-order valence-corrected chi connectivity index (χ3v) is 4.75. The second kappa shape index (κ2) is 7.69. The number of para-hydroxylation sites is 1. The van der Waals surface area contributed by atoms with E-state index in [1.54, 1.807) is 6.92 Å². The van der Waals surface area contributed by atoms with E-state index in [0.717, 1.165) is 28.6 Å². The molecule has 1 amide bonds. The number of rotatable bonds is 4. The predicted molar refractivity (Wildman–Crippen MR) is 97.9 cm³/mol. The Kier molecular flexibility index (Phi) is 5.63. The molecule has 1 atom stereocenters. The Morgan fingerprint density at radius 3 is 2.40 bits per heavy atom. The van der Waals surface area contributed by atoms with Crippen molar-refractivity contribution in [2.75, 3.05) is 11.1 Å². The molecule has 6 nitrogen and oxygen atoms in total. The van der Waals surface area contributed by atoms with Gasteiger partial charge in [0.25, 0.3) is 0 Å². The minimum absolute atomic E-state index is 0.0476. The third-order valence-electron chi connectivity index (χ3n) is 3.64. The largest absolute Gasteiger partial charge is 0.383 e. The lowest BCUT2D eigenvalue weighted by Crippen LogP contribution is -2.23. The van der Waals surface area contributed by atoms with Crippen LogP contribution in [-0.2, 0) is 4.79 Å². The molecule has 0 aliphatic rings. The Morgan fingerprint density at radius 1 is 1.24 bits per heavy atom. The first kappa shape index (κ1) is 18.3. The number of pyridine rings is 1. The minimum atomic E-state index is -0.494. The van der Waals surface area contributed by atoms with Gasteiger partial charge in [-0.1, -0.05) is 30.0 Å². The molecule has 1 aromatic carbocycles. The number of amides is 1. The molecule has 2 aromatic rings. The molecule has 0 saturated carbocycles. The van der Waals surface area contributed by atoms with Crippen molar-refractivity contribution < 1.29 is 4.79 Å². The summed E-state index contributed by atoms with van der Waals surface area (Å²) < 4.78 is 0. The SMILES string of the molecule is Cc1cccc(C)c1NC(=O)[C@H](C)Sc1nc(N)c(C#N)cc1C#N. The van der Waals surface area contributed by atoms with Crippen LogP contribution < -0.4 is 11.1 Å². The molecule has 0 unspecified atom stereocenters. The van der Waals surface area contributed by atoms with Gasteiger partial charge in [0.2, 0.25) is 5.91 Å². The van der Waals surface area contributed by atoms with Gasteiger partial charge in [-0.15, -0.1) is 0 Å². The van der Waals surface area contributed by atoms with Crippen LogP contribution in [0.4, 0.5) is 11.5 Å². The zero-order valence-electron chi connectivity index (χ0n) is 14.1. The zero-order valence-corrected chi connectivity index (χ0v) is 14.9. The first-order valence-electron chi connectivity index (χ1n) is 7.51. The van der Waals surface area contributed by atoms with Crippen molar-refractivity contribution in [2.45, 2.75) is 31.0 Å². The van der Waals surface area contributed by atoms with Gasteiger partial charge in [-0.25, -0.2) is 4.98 Å². The van der Waals surface area contributed by atoms with E-state index >= 15 is 0 Å². The highest BCUT2D eigenvalue weighted by Gasteiger charge is 2.20. The average Bonchev–Trinajstić information content (AvgIpc) is 2.58. The minimum Gasteiger partial charge on any atom is -0.383 e. The lowest BCUT2D eigenvalue weighted by molar-refractivity contribution is -0.115. The van der Waals surface area contributed by atoms with Gasteiger partial charge in [-0.2, -0.15) is 10.5 Å². The van der Waals surface area contributed by atoms with Crippen LogP contribution in [0.2, 0.25) is 0 Å². The van der Waals surface area contributed by atoms with Crippen molar-refractivity contribution in [3.05, 3.63) is 46.5 Å². The molecule has 0 spiro atoms. The zero-order chi connectivity index (χ0) is 18.6. The average molecular weight is 351 g/mol. The number of aryl methyl sites for hydroxylation is 2. The fourth-order valence-corrected chi connectivity index (χ4v) is 3.11. The van der Waals surface area contributed by atoms with Gasteiger partial charge in [-0.3, -0.25) is 4.79 Å². The third kappa shape index (κ3) is 4.09. The number of nitrogens with two attached hydrogens (primary N) is 1. The summed E-state index contributed by atoms with van der Waals surface area (Å²) in [6.45, 7) is 5.58. The molecule has 0 aliphatic carbocycles. The molecule has 1 heterocycles. The van der Waals surface area contributed by atoms with Crippen LogP contribution in [0, 0.1) is 36.5 Å². The fraction of sp³-hybridized carbons (Fsp3) is 0.222. The number of carbonyl (C=O) groups is 1. The van der Waals surface area contributed by atoms with Crippen LogP contribution in [0.15, 0.2) is 29.3 Å². The number of nitriles is 2. The summed E-state index contributed by atoms with van der Waals surface area (Å²) in [6, 6.07) is 11.1. The van der Waals surface area contributed by atoms with Crippen LogP contribution in [-0.4, -0.2) is 16.1 Å². The van der Waals surface area contributed by atoms with Crippen LogP contribution >= 0.6 is 11.8 Å². The van der Waals surface area contributed by atoms with Crippen LogP contribution in [0.25, 0.3) is 0 Å². The van der Waals surface area contributed by atoms with Gasteiger partial charge >= 0.3 is 0 Å². The van der Waals surface area contributed by atoms with Crippen molar-refractivity contribution in [1.29, 1.82) is 10.5 Å². The van der Waals surface area contributed by atoms with E-state index in [1.165, 1.54) is 6.07 Å². The van der Waals surface area contributed by atoms with E-state index < -0.39 is 5.25 Å². The monoisotopic (exact) mass is 351 g/mol. The Hall–Kier alpha value is -3.03. The highest BCUT2D eigenvalue weighted by atomic mass is 32.2. The maximum Gasteiger partial charge on any atom is 0.237 e. The fourth-order valence-electron chi connectivity index (χ4n) is 2.23. The number of nitrogens with one attached hydrogen (secondary N) is 1. The first-order chi connectivity index (χ1) is 11.9. The molecule has 0 bridgehead atoms. The number of nitrogen functional groups attached to an aromatic ring is 1. The van der Waals surface area contributed by atoms with E-state index in [2.05, 4.69) is 10.3 Å². The quantitative estimate of drug-likeness (QED) is 0.818. The van der Waals surface area contributed by atoms with Gasteiger partial charge in [0.1, 0.15) is 23.0 Å². The number of hydrogen-bond donors (Lipinski definition) is 2. The molecule has 0 fully saturated rings. The lowest BCUT2D eigenvalue weighted by Gasteiger charge is -2.15. The Bertz CT molecular complexity index is 891. The number of aromatic nitrogens is 1. The highest BCUT2D eigenvalue weighted by molar-refractivity contribution is 8.00. The van der Waals surface area contributed by atoms with Gasteiger partial charge in [0.15, 0.2) is 0 Å².